The summed E-state index contributed by atoms with van der Waals surface area (Å²) in [6.45, 7) is 2.72. The van der Waals surface area contributed by atoms with Crippen LogP contribution in [0.15, 0.2) is 23.8 Å². The fourth-order valence-corrected chi connectivity index (χ4v) is 1.67. The average Bonchev–Trinajstić information content (AvgIpc) is 2.52. The number of hydrogen-bond acceptors (Lipinski definition) is 4. The van der Waals surface area contributed by atoms with E-state index in [-0.39, 0.29) is 5.57 Å². The molecule has 0 atom stereocenters. The average molecular weight is 288 g/mol. The molecule has 0 spiro atoms. The lowest BCUT2D eigenvalue weighted by Gasteiger charge is -2.11. The highest BCUT2D eigenvalue weighted by Crippen LogP contribution is 2.29. The molecule has 0 heterocycles. The van der Waals surface area contributed by atoms with E-state index < -0.39 is 5.91 Å². The molecular weight excluding hydrogens is 268 g/mol. The van der Waals surface area contributed by atoms with Crippen molar-refractivity contribution in [2.24, 2.45) is 0 Å². The topological polar surface area (TPSA) is 71.3 Å². The van der Waals surface area contributed by atoms with Crippen molar-refractivity contribution in [3.05, 3.63) is 29.3 Å². The first-order chi connectivity index (χ1) is 10.2. The molecule has 1 rings (SSSR count). The van der Waals surface area contributed by atoms with E-state index in [9.17, 15) is 4.79 Å². The van der Waals surface area contributed by atoms with E-state index in [4.69, 9.17) is 14.7 Å². The molecule has 112 valence electrons. The summed E-state index contributed by atoms with van der Waals surface area (Å²) in [5, 5.41) is 11.4. The Hall–Kier alpha value is -2.48. The van der Waals surface area contributed by atoms with Gasteiger partial charge in [-0.05, 0) is 30.2 Å². The van der Waals surface area contributed by atoms with Crippen LogP contribution in [-0.2, 0) is 4.79 Å². The molecule has 0 bridgehead atoms. The van der Waals surface area contributed by atoms with Crippen molar-refractivity contribution in [2.75, 3.05) is 20.8 Å². The van der Waals surface area contributed by atoms with Gasteiger partial charge in [0.05, 0.1) is 13.7 Å². The van der Waals surface area contributed by atoms with E-state index in [0.717, 1.165) is 12.8 Å². The summed E-state index contributed by atoms with van der Waals surface area (Å²) in [7, 11) is 3.04. The lowest BCUT2D eigenvalue weighted by Crippen LogP contribution is -2.19. The van der Waals surface area contributed by atoms with Crippen LogP contribution in [0.5, 0.6) is 11.5 Å². The number of methoxy groups -OCH3 is 1. The number of nitrogens with one attached hydrogen (secondary N) is 1. The summed E-state index contributed by atoms with van der Waals surface area (Å²) in [5.74, 6) is 0.815. The molecule has 0 aliphatic rings. The summed E-state index contributed by atoms with van der Waals surface area (Å²) in [4.78, 5) is 11.5. The molecule has 0 saturated heterocycles. The quantitative estimate of drug-likeness (QED) is 0.475. The van der Waals surface area contributed by atoms with Gasteiger partial charge in [0.15, 0.2) is 11.5 Å². The number of nitrogens with zero attached hydrogens (tertiary/aromatic N) is 1. The SMILES string of the molecule is CCCCOc1ccc(/C=C(/C#N)C(=O)NC)cc1OC. The van der Waals surface area contributed by atoms with Crippen molar-refractivity contribution in [3.63, 3.8) is 0 Å². The van der Waals surface area contributed by atoms with Gasteiger partial charge in [-0.1, -0.05) is 19.4 Å². The minimum Gasteiger partial charge on any atom is -0.493 e. The third kappa shape index (κ3) is 4.84. The van der Waals surface area contributed by atoms with Crippen LogP contribution in [0.1, 0.15) is 25.3 Å². The predicted octanol–water partition coefficient (Wildman–Crippen LogP) is 2.53. The smallest absolute Gasteiger partial charge is 0.261 e. The number of unbranched alkanes of at least 4 members (excludes halogenated alkanes) is 1. The minimum atomic E-state index is -0.417. The van der Waals surface area contributed by atoms with Gasteiger partial charge in [0.2, 0.25) is 0 Å². The second-order valence-corrected chi connectivity index (χ2v) is 4.36. The van der Waals surface area contributed by atoms with Crippen LogP contribution in [0, 0.1) is 11.3 Å². The zero-order chi connectivity index (χ0) is 15.7. The van der Waals surface area contributed by atoms with Gasteiger partial charge in [0.25, 0.3) is 5.91 Å². The number of rotatable bonds is 7. The second kappa shape index (κ2) is 8.64. The van der Waals surface area contributed by atoms with Crippen molar-refractivity contribution in [3.8, 4) is 17.6 Å². The van der Waals surface area contributed by atoms with Crippen molar-refractivity contribution < 1.29 is 14.3 Å². The molecule has 1 aromatic rings. The van der Waals surface area contributed by atoms with Gasteiger partial charge in [-0.3, -0.25) is 4.79 Å². The zero-order valence-corrected chi connectivity index (χ0v) is 12.6. The molecule has 5 nitrogen and oxygen atoms in total. The lowest BCUT2D eigenvalue weighted by atomic mass is 10.1. The fourth-order valence-electron chi connectivity index (χ4n) is 1.67. The first-order valence-corrected chi connectivity index (χ1v) is 6.81. The van der Waals surface area contributed by atoms with Gasteiger partial charge in [0.1, 0.15) is 11.6 Å². The van der Waals surface area contributed by atoms with Gasteiger partial charge < -0.3 is 14.8 Å². The molecule has 0 saturated carbocycles. The Morgan fingerprint density at radius 3 is 2.76 bits per heavy atom. The molecule has 21 heavy (non-hydrogen) atoms. The summed E-state index contributed by atoms with van der Waals surface area (Å²) in [5.41, 5.74) is 0.744. The maximum Gasteiger partial charge on any atom is 0.261 e. The third-order valence-electron chi connectivity index (χ3n) is 2.85. The molecule has 1 N–H and O–H groups in total. The van der Waals surface area contributed by atoms with Gasteiger partial charge in [-0.25, -0.2) is 0 Å². The van der Waals surface area contributed by atoms with Crippen molar-refractivity contribution in [1.82, 2.24) is 5.32 Å². The van der Waals surface area contributed by atoms with Crippen LogP contribution in [-0.4, -0.2) is 26.7 Å². The minimum absolute atomic E-state index is 0.0409. The van der Waals surface area contributed by atoms with Gasteiger partial charge in [-0.2, -0.15) is 5.26 Å². The van der Waals surface area contributed by atoms with E-state index in [2.05, 4.69) is 12.2 Å². The second-order valence-electron chi connectivity index (χ2n) is 4.36. The normalized spacial score (nSPS) is 10.7. The Morgan fingerprint density at radius 2 is 2.19 bits per heavy atom. The van der Waals surface area contributed by atoms with Crippen LogP contribution in [0.4, 0.5) is 0 Å². The Labute approximate surface area is 125 Å². The fraction of sp³-hybridized carbons (Fsp3) is 0.375. The molecule has 1 amide bonds. The maximum atomic E-state index is 11.5. The summed E-state index contributed by atoms with van der Waals surface area (Å²) in [6.07, 6.45) is 3.54. The van der Waals surface area contributed by atoms with Gasteiger partial charge >= 0.3 is 0 Å². The number of hydrogen-bond donors (Lipinski definition) is 1. The molecule has 0 aromatic heterocycles. The van der Waals surface area contributed by atoms with E-state index >= 15 is 0 Å². The molecular formula is C16H20N2O3. The standard InChI is InChI=1S/C16H20N2O3/c1-4-5-8-21-14-7-6-12(10-15(14)20-3)9-13(11-17)16(19)18-2/h6-7,9-10H,4-5,8H2,1-3H3,(H,18,19)/b13-9-. The van der Waals surface area contributed by atoms with E-state index in [1.807, 2.05) is 6.07 Å². The highest BCUT2D eigenvalue weighted by atomic mass is 16.5. The first kappa shape index (κ1) is 16.6. The van der Waals surface area contributed by atoms with Crippen LogP contribution in [0.2, 0.25) is 0 Å². The maximum absolute atomic E-state index is 11.5. The number of amides is 1. The van der Waals surface area contributed by atoms with E-state index in [0.29, 0.717) is 23.7 Å². The lowest BCUT2D eigenvalue weighted by molar-refractivity contribution is -0.116. The number of ether oxygens (including phenoxy) is 2. The van der Waals surface area contributed by atoms with Crippen LogP contribution >= 0.6 is 0 Å². The highest BCUT2D eigenvalue weighted by Gasteiger charge is 2.09. The molecule has 0 fully saturated rings. The van der Waals surface area contributed by atoms with Crippen LogP contribution < -0.4 is 14.8 Å². The summed E-state index contributed by atoms with van der Waals surface area (Å²) < 4.78 is 10.9. The van der Waals surface area contributed by atoms with Gasteiger partial charge in [-0.15, -0.1) is 0 Å². The Balaban J connectivity index is 2.99. The first-order valence-electron chi connectivity index (χ1n) is 6.81. The Kier molecular flexibility index (Phi) is 6.82. The number of likely N-dealkylation sites (N-methyl/N-ethyl adjacent to an activating group) is 1. The van der Waals surface area contributed by atoms with E-state index in [1.165, 1.54) is 13.1 Å². The molecule has 0 aliphatic carbocycles. The third-order valence-corrected chi connectivity index (χ3v) is 2.85. The monoisotopic (exact) mass is 288 g/mol. The van der Waals surface area contributed by atoms with Crippen molar-refractivity contribution >= 4 is 12.0 Å². The Bertz CT molecular complexity index is 559. The number of benzene rings is 1. The summed E-state index contributed by atoms with van der Waals surface area (Å²) >= 11 is 0. The highest BCUT2D eigenvalue weighted by molar-refractivity contribution is 6.01. The predicted molar refractivity (Wildman–Crippen MR) is 81.1 cm³/mol. The van der Waals surface area contributed by atoms with Crippen LogP contribution in [0.25, 0.3) is 6.08 Å². The van der Waals surface area contributed by atoms with Crippen molar-refractivity contribution in [1.29, 1.82) is 5.26 Å². The molecule has 0 radical (unpaired) electrons. The number of nitriles is 1. The van der Waals surface area contributed by atoms with Gasteiger partial charge in [0, 0.05) is 7.05 Å². The molecule has 0 unspecified atom stereocenters. The Morgan fingerprint density at radius 1 is 1.43 bits per heavy atom. The molecule has 5 heteroatoms. The van der Waals surface area contributed by atoms with Crippen LogP contribution in [0.3, 0.4) is 0 Å². The molecule has 0 aliphatic heterocycles. The van der Waals surface area contributed by atoms with Crippen molar-refractivity contribution in [2.45, 2.75) is 19.8 Å². The largest absolute Gasteiger partial charge is 0.493 e. The van der Waals surface area contributed by atoms with E-state index in [1.54, 1.807) is 25.3 Å². The number of carbonyl (C=O) groups is 1. The number of carbonyl (C=O) groups excluding carboxylic acids is 1. The molecule has 1 aromatic carbocycles. The summed E-state index contributed by atoms with van der Waals surface area (Å²) in [6, 6.07) is 7.17. The zero-order valence-electron chi connectivity index (χ0n) is 12.6.